The summed E-state index contributed by atoms with van der Waals surface area (Å²) in [6, 6.07) is 24.5. The Bertz CT molecular complexity index is 838. The number of anilines is 1. The van der Waals surface area contributed by atoms with Gasteiger partial charge in [-0.2, -0.15) is 0 Å². The van der Waals surface area contributed by atoms with Gasteiger partial charge in [-0.1, -0.05) is 66.2 Å². The molecule has 2 N–H and O–H groups in total. The van der Waals surface area contributed by atoms with Crippen LogP contribution in [0.5, 0.6) is 0 Å². The molecule has 2 nitrogen and oxygen atoms in total. The van der Waals surface area contributed by atoms with Crippen LogP contribution >= 0.6 is 0 Å². The molecular formula is C21H19NO. The highest BCUT2D eigenvalue weighted by atomic mass is 16.3. The average molecular weight is 301 g/mol. The van der Waals surface area contributed by atoms with Gasteiger partial charge in [0.25, 0.3) is 0 Å². The fourth-order valence-corrected chi connectivity index (χ4v) is 3.35. The average Bonchev–Trinajstić information content (AvgIpc) is 2.60. The highest BCUT2D eigenvalue weighted by Gasteiger charge is 2.31. The molecule has 0 radical (unpaired) electrons. The molecule has 2 atom stereocenters. The third-order valence-corrected chi connectivity index (χ3v) is 4.55. The van der Waals surface area contributed by atoms with Crippen molar-refractivity contribution in [3.05, 3.63) is 89.5 Å². The molecule has 0 bridgehead atoms. The summed E-state index contributed by atoms with van der Waals surface area (Å²) in [4.78, 5) is 0. The first kappa shape index (κ1) is 14.0. The van der Waals surface area contributed by atoms with Crippen LogP contribution in [0.25, 0.3) is 11.1 Å². The molecule has 0 fully saturated rings. The summed E-state index contributed by atoms with van der Waals surface area (Å²) in [7, 11) is 0. The normalized spacial score (nSPS) is 18.9. The fourth-order valence-electron chi connectivity index (χ4n) is 3.35. The van der Waals surface area contributed by atoms with Crippen molar-refractivity contribution in [2.45, 2.75) is 19.1 Å². The van der Waals surface area contributed by atoms with E-state index < -0.39 is 6.10 Å². The summed E-state index contributed by atoms with van der Waals surface area (Å²) in [6.07, 6.45) is -0.567. The zero-order valence-electron chi connectivity index (χ0n) is 13.0. The molecule has 1 aliphatic carbocycles. The maximum atomic E-state index is 10.9. The number of nitrogens with one attached hydrogen (secondary N) is 1. The number of aryl methyl sites for hydroxylation is 1. The second-order valence-electron chi connectivity index (χ2n) is 6.11. The minimum absolute atomic E-state index is 0.149. The first-order valence-corrected chi connectivity index (χ1v) is 7.93. The molecule has 0 heterocycles. The van der Waals surface area contributed by atoms with E-state index in [0.29, 0.717) is 0 Å². The van der Waals surface area contributed by atoms with Crippen LogP contribution in [0.4, 0.5) is 5.69 Å². The molecule has 0 saturated carbocycles. The number of hydrogen-bond donors (Lipinski definition) is 2. The van der Waals surface area contributed by atoms with Crippen molar-refractivity contribution in [1.29, 1.82) is 0 Å². The minimum Gasteiger partial charge on any atom is -0.386 e. The standard InChI is InChI=1S/C21H19NO/c1-14-10-12-15(13-11-14)22-20-18-8-4-2-6-16(18)17-7-3-5-9-19(17)21(20)23/h2-13,20-23H,1H3/t20-,21-/m0/s1. The Labute approximate surface area is 136 Å². The number of aliphatic hydroxyl groups is 1. The molecule has 0 aliphatic heterocycles. The smallest absolute Gasteiger partial charge is 0.104 e. The molecule has 2 heteroatoms. The van der Waals surface area contributed by atoms with Gasteiger partial charge < -0.3 is 10.4 Å². The van der Waals surface area contributed by atoms with Gasteiger partial charge in [-0.15, -0.1) is 0 Å². The Morgan fingerprint density at radius 2 is 1.30 bits per heavy atom. The molecule has 0 unspecified atom stereocenters. The maximum Gasteiger partial charge on any atom is 0.104 e. The summed E-state index contributed by atoms with van der Waals surface area (Å²) < 4.78 is 0. The Balaban J connectivity index is 1.80. The number of benzene rings is 3. The second kappa shape index (κ2) is 5.56. The van der Waals surface area contributed by atoms with Crippen LogP contribution in [0, 0.1) is 6.92 Å². The first-order valence-electron chi connectivity index (χ1n) is 7.93. The predicted molar refractivity (Wildman–Crippen MR) is 94.4 cm³/mol. The van der Waals surface area contributed by atoms with E-state index in [-0.39, 0.29) is 6.04 Å². The molecule has 0 aromatic heterocycles. The van der Waals surface area contributed by atoms with Crippen LogP contribution in [0.3, 0.4) is 0 Å². The molecule has 4 rings (SSSR count). The fraction of sp³-hybridized carbons (Fsp3) is 0.143. The van der Waals surface area contributed by atoms with Gasteiger partial charge in [-0.3, -0.25) is 0 Å². The van der Waals surface area contributed by atoms with Gasteiger partial charge >= 0.3 is 0 Å². The van der Waals surface area contributed by atoms with E-state index in [0.717, 1.165) is 22.4 Å². The van der Waals surface area contributed by atoms with Crippen molar-refractivity contribution < 1.29 is 5.11 Å². The summed E-state index contributed by atoms with van der Waals surface area (Å²) in [5, 5.41) is 14.4. The van der Waals surface area contributed by atoms with Crippen molar-refractivity contribution in [2.24, 2.45) is 0 Å². The Morgan fingerprint density at radius 1 is 0.739 bits per heavy atom. The second-order valence-corrected chi connectivity index (χ2v) is 6.11. The molecule has 3 aromatic rings. The van der Waals surface area contributed by atoms with Crippen LogP contribution in [0.15, 0.2) is 72.8 Å². The lowest BCUT2D eigenvalue weighted by Crippen LogP contribution is -2.24. The number of hydrogen-bond acceptors (Lipinski definition) is 2. The van der Waals surface area contributed by atoms with Crippen LogP contribution < -0.4 is 5.32 Å². The van der Waals surface area contributed by atoms with Crippen LogP contribution in [-0.2, 0) is 0 Å². The van der Waals surface area contributed by atoms with Gasteiger partial charge in [0.1, 0.15) is 6.10 Å². The van der Waals surface area contributed by atoms with Crippen molar-refractivity contribution in [3.63, 3.8) is 0 Å². The van der Waals surface area contributed by atoms with E-state index in [9.17, 15) is 5.11 Å². The quantitative estimate of drug-likeness (QED) is 0.708. The SMILES string of the molecule is Cc1ccc(N[C@H]2c3ccccc3-c3ccccc3[C@@H]2O)cc1. The van der Waals surface area contributed by atoms with E-state index in [1.54, 1.807) is 0 Å². The largest absolute Gasteiger partial charge is 0.386 e. The third kappa shape index (κ3) is 2.41. The zero-order valence-corrected chi connectivity index (χ0v) is 13.0. The molecule has 114 valence electrons. The van der Waals surface area contributed by atoms with Crippen LogP contribution in [-0.4, -0.2) is 5.11 Å². The molecule has 0 amide bonds. The third-order valence-electron chi connectivity index (χ3n) is 4.55. The summed E-state index contributed by atoms with van der Waals surface area (Å²) in [6.45, 7) is 2.07. The van der Waals surface area contributed by atoms with E-state index in [1.165, 1.54) is 11.1 Å². The molecular weight excluding hydrogens is 282 g/mol. The lowest BCUT2D eigenvalue weighted by molar-refractivity contribution is 0.153. The molecule has 1 aliphatic rings. The lowest BCUT2D eigenvalue weighted by atomic mass is 9.80. The van der Waals surface area contributed by atoms with Crippen molar-refractivity contribution >= 4 is 5.69 Å². The van der Waals surface area contributed by atoms with Gasteiger partial charge in [-0.05, 0) is 41.3 Å². The van der Waals surface area contributed by atoms with Gasteiger partial charge in [0, 0.05) is 5.69 Å². The van der Waals surface area contributed by atoms with Crippen molar-refractivity contribution in [1.82, 2.24) is 0 Å². The van der Waals surface area contributed by atoms with E-state index in [2.05, 4.69) is 60.8 Å². The number of rotatable bonds is 2. The van der Waals surface area contributed by atoms with Crippen molar-refractivity contribution in [3.8, 4) is 11.1 Å². The summed E-state index contributed by atoms with van der Waals surface area (Å²) in [5.41, 5.74) is 6.69. The number of aliphatic hydroxyl groups excluding tert-OH is 1. The summed E-state index contributed by atoms with van der Waals surface area (Å²) >= 11 is 0. The summed E-state index contributed by atoms with van der Waals surface area (Å²) in [5.74, 6) is 0. The molecule has 3 aromatic carbocycles. The van der Waals surface area contributed by atoms with Gasteiger partial charge in [0.15, 0.2) is 0 Å². The van der Waals surface area contributed by atoms with E-state index in [1.807, 2.05) is 24.3 Å². The van der Waals surface area contributed by atoms with Gasteiger partial charge in [-0.25, -0.2) is 0 Å². The minimum atomic E-state index is -0.567. The number of fused-ring (bicyclic) bond motifs is 3. The molecule has 23 heavy (non-hydrogen) atoms. The van der Waals surface area contributed by atoms with Crippen LogP contribution in [0.1, 0.15) is 28.8 Å². The van der Waals surface area contributed by atoms with Gasteiger partial charge in [0.2, 0.25) is 0 Å². The monoisotopic (exact) mass is 301 g/mol. The Morgan fingerprint density at radius 3 is 2.00 bits per heavy atom. The van der Waals surface area contributed by atoms with Crippen LogP contribution in [0.2, 0.25) is 0 Å². The Hall–Kier alpha value is -2.58. The lowest BCUT2D eigenvalue weighted by Gasteiger charge is -2.33. The molecule has 0 saturated heterocycles. The molecule has 0 spiro atoms. The van der Waals surface area contributed by atoms with Crippen molar-refractivity contribution in [2.75, 3.05) is 5.32 Å². The topological polar surface area (TPSA) is 32.3 Å². The highest BCUT2D eigenvalue weighted by molar-refractivity contribution is 5.75. The van der Waals surface area contributed by atoms with E-state index >= 15 is 0 Å². The predicted octanol–water partition coefficient (Wildman–Crippen LogP) is 4.86. The Kier molecular flexibility index (Phi) is 3.40. The highest BCUT2D eigenvalue weighted by Crippen LogP contribution is 2.45. The first-order chi connectivity index (χ1) is 11.2. The maximum absolute atomic E-state index is 10.9. The zero-order chi connectivity index (χ0) is 15.8. The van der Waals surface area contributed by atoms with E-state index in [4.69, 9.17) is 0 Å². The van der Waals surface area contributed by atoms with Gasteiger partial charge in [0.05, 0.1) is 6.04 Å².